The van der Waals surface area contributed by atoms with Crippen molar-refractivity contribution in [1.82, 2.24) is 5.32 Å². The first-order chi connectivity index (χ1) is 8.54. The van der Waals surface area contributed by atoms with Gasteiger partial charge in [-0.05, 0) is 22.4 Å². The topological polar surface area (TPSA) is 55.1 Å². The highest BCUT2D eigenvalue weighted by Crippen LogP contribution is 2.34. The van der Waals surface area contributed by atoms with Crippen molar-refractivity contribution in [3.63, 3.8) is 0 Å². The quantitative estimate of drug-likeness (QED) is 0.888. The lowest BCUT2D eigenvalue weighted by molar-refractivity contribution is -0.119. The third-order valence-corrected chi connectivity index (χ3v) is 4.09. The predicted octanol–water partition coefficient (Wildman–Crippen LogP) is 2.25. The SMILES string of the molecule is CC(C)(CNC(=O)CN)c1csc2ccccc12. The van der Waals surface area contributed by atoms with Gasteiger partial charge in [0.1, 0.15) is 0 Å². The molecule has 0 atom stereocenters. The molecule has 3 nitrogen and oxygen atoms in total. The van der Waals surface area contributed by atoms with Gasteiger partial charge in [0.25, 0.3) is 0 Å². The van der Waals surface area contributed by atoms with E-state index in [0.717, 1.165) is 0 Å². The fourth-order valence-electron chi connectivity index (χ4n) is 1.99. The van der Waals surface area contributed by atoms with E-state index in [2.05, 4.69) is 36.7 Å². The molecule has 1 aromatic carbocycles. The highest BCUT2D eigenvalue weighted by Gasteiger charge is 2.24. The molecule has 2 rings (SSSR count). The number of carbonyl (C=O) groups excluding carboxylic acids is 1. The number of thiophene rings is 1. The van der Waals surface area contributed by atoms with Crippen molar-refractivity contribution in [2.75, 3.05) is 13.1 Å². The molecule has 4 heteroatoms. The van der Waals surface area contributed by atoms with E-state index in [9.17, 15) is 4.79 Å². The van der Waals surface area contributed by atoms with Gasteiger partial charge in [-0.25, -0.2) is 0 Å². The van der Waals surface area contributed by atoms with Crippen LogP contribution in [0.3, 0.4) is 0 Å². The monoisotopic (exact) mass is 262 g/mol. The van der Waals surface area contributed by atoms with Crippen molar-refractivity contribution in [3.05, 3.63) is 35.2 Å². The summed E-state index contributed by atoms with van der Waals surface area (Å²) in [6.07, 6.45) is 0. The van der Waals surface area contributed by atoms with Crippen LogP contribution >= 0.6 is 11.3 Å². The summed E-state index contributed by atoms with van der Waals surface area (Å²) >= 11 is 1.74. The van der Waals surface area contributed by atoms with Crippen LogP contribution in [0.4, 0.5) is 0 Å². The summed E-state index contributed by atoms with van der Waals surface area (Å²) in [5, 5.41) is 6.32. The van der Waals surface area contributed by atoms with Crippen LogP contribution in [0.1, 0.15) is 19.4 Å². The predicted molar refractivity (Wildman–Crippen MR) is 76.9 cm³/mol. The average molecular weight is 262 g/mol. The molecule has 0 saturated heterocycles. The minimum absolute atomic E-state index is 0.0421. The highest BCUT2D eigenvalue weighted by molar-refractivity contribution is 7.17. The van der Waals surface area contributed by atoms with Crippen LogP contribution in [0.5, 0.6) is 0 Å². The number of hydrogen-bond acceptors (Lipinski definition) is 3. The molecule has 0 aliphatic heterocycles. The number of benzene rings is 1. The van der Waals surface area contributed by atoms with Crippen molar-refractivity contribution < 1.29 is 4.79 Å². The van der Waals surface area contributed by atoms with Gasteiger partial charge in [-0.15, -0.1) is 11.3 Å². The van der Waals surface area contributed by atoms with Crippen LogP contribution in [-0.2, 0) is 10.2 Å². The fraction of sp³-hybridized carbons (Fsp3) is 0.357. The minimum Gasteiger partial charge on any atom is -0.354 e. The Kier molecular flexibility index (Phi) is 3.68. The summed E-state index contributed by atoms with van der Waals surface area (Å²) < 4.78 is 1.28. The van der Waals surface area contributed by atoms with Gasteiger partial charge in [0.15, 0.2) is 0 Å². The maximum atomic E-state index is 11.3. The Morgan fingerprint density at radius 1 is 1.39 bits per heavy atom. The van der Waals surface area contributed by atoms with Gasteiger partial charge < -0.3 is 11.1 Å². The molecule has 18 heavy (non-hydrogen) atoms. The van der Waals surface area contributed by atoms with Gasteiger partial charge >= 0.3 is 0 Å². The Hall–Kier alpha value is -1.39. The van der Waals surface area contributed by atoms with Gasteiger partial charge in [-0.1, -0.05) is 32.0 Å². The van der Waals surface area contributed by atoms with Gasteiger partial charge in [0.2, 0.25) is 5.91 Å². The van der Waals surface area contributed by atoms with Gasteiger partial charge in [0.05, 0.1) is 6.54 Å². The zero-order valence-electron chi connectivity index (χ0n) is 10.7. The first-order valence-corrected chi connectivity index (χ1v) is 6.86. The van der Waals surface area contributed by atoms with Crippen LogP contribution in [0, 0.1) is 0 Å². The first-order valence-electron chi connectivity index (χ1n) is 5.98. The van der Waals surface area contributed by atoms with E-state index < -0.39 is 0 Å². The van der Waals surface area contributed by atoms with Gasteiger partial charge in [-0.3, -0.25) is 4.79 Å². The average Bonchev–Trinajstić information content (AvgIpc) is 2.80. The molecule has 0 saturated carbocycles. The molecular formula is C14H18N2OS. The zero-order chi connectivity index (χ0) is 13.2. The molecule has 1 amide bonds. The molecule has 0 spiro atoms. The third kappa shape index (κ3) is 2.54. The highest BCUT2D eigenvalue weighted by atomic mass is 32.1. The Morgan fingerprint density at radius 2 is 2.11 bits per heavy atom. The first kappa shape index (κ1) is 13.1. The number of fused-ring (bicyclic) bond motifs is 1. The van der Waals surface area contributed by atoms with E-state index in [1.54, 1.807) is 11.3 Å². The Morgan fingerprint density at radius 3 is 2.83 bits per heavy atom. The molecule has 1 aromatic heterocycles. The molecular weight excluding hydrogens is 244 g/mol. The van der Waals surface area contributed by atoms with E-state index >= 15 is 0 Å². The maximum Gasteiger partial charge on any atom is 0.233 e. The molecule has 0 aliphatic rings. The summed E-state index contributed by atoms with van der Waals surface area (Å²) in [5.74, 6) is -0.109. The molecule has 0 aliphatic carbocycles. The number of nitrogens with one attached hydrogen (secondary N) is 1. The Bertz CT molecular complexity index is 560. The normalized spacial score (nSPS) is 11.7. The van der Waals surface area contributed by atoms with Crippen molar-refractivity contribution in [2.45, 2.75) is 19.3 Å². The number of carbonyl (C=O) groups is 1. The van der Waals surface area contributed by atoms with Crippen LogP contribution in [0.15, 0.2) is 29.6 Å². The second-order valence-electron chi connectivity index (χ2n) is 5.01. The van der Waals surface area contributed by atoms with Crippen LogP contribution in [0.25, 0.3) is 10.1 Å². The molecule has 3 N–H and O–H groups in total. The molecule has 2 aromatic rings. The lowest BCUT2D eigenvalue weighted by Gasteiger charge is -2.25. The summed E-state index contributed by atoms with van der Waals surface area (Å²) in [5.41, 5.74) is 6.49. The van der Waals surface area contributed by atoms with Crippen LogP contribution in [-0.4, -0.2) is 19.0 Å². The van der Waals surface area contributed by atoms with Gasteiger partial charge in [0, 0.05) is 16.7 Å². The fourth-order valence-corrected chi connectivity index (χ4v) is 3.14. The zero-order valence-corrected chi connectivity index (χ0v) is 11.5. The Balaban J connectivity index is 2.26. The second kappa shape index (κ2) is 5.08. The summed E-state index contributed by atoms with van der Waals surface area (Å²) in [4.78, 5) is 11.3. The molecule has 1 heterocycles. The summed E-state index contributed by atoms with van der Waals surface area (Å²) in [7, 11) is 0. The van der Waals surface area contributed by atoms with Gasteiger partial charge in [-0.2, -0.15) is 0 Å². The van der Waals surface area contributed by atoms with Crippen molar-refractivity contribution in [2.24, 2.45) is 5.73 Å². The molecule has 96 valence electrons. The lowest BCUT2D eigenvalue weighted by Crippen LogP contribution is -2.39. The molecule has 0 bridgehead atoms. The minimum atomic E-state index is -0.109. The number of nitrogens with two attached hydrogens (primary N) is 1. The summed E-state index contributed by atoms with van der Waals surface area (Å²) in [6, 6.07) is 8.35. The number of amides is 1. The summed E-state index contributed by atoms with van der Waals surface area (Å²) in [6.45, 7) is 4.92. The van der Waals surface area contributed by atoms with E-state index in [1.165, 1.54) is 15.6 Å². The van der Waals surface area contributed by atoms with E-state index in [1.807, 2.05) is 12.1 Å². The largest absolute Gasteiger partial charge is 0.354 e. The van der Waals surface area contributed by atoms with E-state index in [0.29, 0.717) is 6.54 Å². The molecule has 0 unspecified atom stereocenters. The third-order valence-electron chi connectivity index (χ3n) is 3.12. The lowest BCUT2D eigenvalue weighted by atomic mass is 9.84. The smallest absolute Gasteiger partial charge is 0.233 e. The Labute approximate surface area is 111 Å². The van der Waals surface area contributed by atoms with Crippen molar-refractivity contribution in [3.8, 4) is 0 Å². The molecule has 0 radical (unpaired) electrons. The maximum absolute atomic E-state index is 11.3. The number of rotatable bonds is 4. The van der Waals surface area contributed by atoms with E-state index in [-0.39, 0.29) is 17.9 Å². The van der Waals surface area contributed by atoms with Crippen LogP contribution in [0.2, 0.25) is 0 Å². The van der Waals surface area contributed by atoms with Crippen LogP contribution < -0.4 is 11.1 Å². The standard InChI is InChI=1S/C14H18N2OS/c1-14(2,9-16-13(17)7-15)11-8-18-12-6-4-3-5-10(11)12/h3-6,8H,7,9,15H2,1-2H3,(H,16,17). The second-order valence-corrected chi connectivity index (χ2v) is 5.92. The van der Waals surface area contributed by atoms with Crippen molar-refractivity contribution >= 4 is 27.3 Å². The number of hydrogen-bond donors (Lipinski definition) is 2. The van der Waals surface area contributed by atoms with E-state index in [4.69, 9.17) is 5.73 Å². The molecule has 0 fully saturated rings. The van der Waals surface area contributed by atoms with Crippen molar-refractivity contribution in [1.29, 1.82) is 0 Å².